The standard InChI is InChI=1S/C21H19BIN2O2/c1-10-15-5-4-12-6-14(8-17(22-23)19(12)18(10)15)25-20-16(21(26)27)7-13(9-24-20)11-2-3-11/h4-11,15,18H,2-3H2,1H3,(H,24,25)(H,26,27)/t10-,15?,18?/m1/s1. The van der Waals surface area contributed by atoms with Crippen LogP contribution < -0.4 is 10.8 Å². The number of aromatic carboxylic acids is 1. The summed E-state index contributed by atoms with van der Waals surface area (Å²) in [5.41, 5.74) is 6.00. The van der Waals surface area contributed by atoms with Gasteiger partial charge in [-0.05, 0) is 71.4 Å². The zero-order valence-corrected chi connectivity index (χ0v) is 17.1. The van der Waals surface area contributed by atoms with Crippen molar-refractivity contribution in [1.29, 1.82) is 0 Å². The zero-order chi connectivity index (χ0) is 18.7. The molecule has 0 bridgehead atoms. The van der Waals surface area contributed by atoms with Crippen LogP contribution >= 0.6 is 22.4 Å². The molecule has 3 aliphatic rings. The normalized spacial score (nSPS) is 24.7. The van der Waals surface area contributed by atoms with Gasteiger partial charge in [0.2, 0.25) is 5.14 Å². The molecule has 1 aromatic carbocycles. The number of halogens is 1. The fourth-order valence-electron chi connectivity index (χ4n) is 4.36. The summed E-state index contributed by atoms with van der Waals surface area (Å²) in [6.07, 6.45) is 8.58. The fourth-order valence-corrected chi connectivity index (χ4v) is 4.88. The average molecular weight is 469 g/mol. The van der Waals surface area contributed by atoms with Crippen LogP contribution in [0.3, 0.4) is 0 Å². The summed E-state index contributed by atoms with van der Waals surface area (Å²) in [7, 11) is 0. The molecule has 0 aliphatic heterocycles. The second-order valence-corrected chi connectivity index (χ2v) is 8.49. The fraction of sp³-hybridized carbons (Fsp3) is 0.333. The number of pyridine rings is 1. The van der Waals surface area contributed by atoms with Crippen molar-refractivity contribution in [2.45, 2.75) is 31.6 Å². The topological polar surface area (TPSA) is 62.2 Å². The van der Waals surface area contributed by atoms with Gasteiger partial charge in [-0.1, -0.05) is 24.5 Å². The summed E-state index contributed by atoms with van der Waals surface area (Å²) in [4.78, 5) is 16.2. The van der Waals surface area contributed by atoms with Gasteiger partial charge in [0.1, 0.15) is 11.4 Å². The first kappa shape index (κ1) is 17.3. The summed E-state index contributed by atoms with van der Waals surface area (Å²) in [5.74, 6) is 1.93. The van der Waals surface area contributed by atoms with E-state index in [9.17, 15) is 9.90 Å². The SMILES string of the molecule is C[C@@H]1C2C=Cc3cc(Nc4ncc(C5CC5)cc4C(=O)O)cc([B]I)c3C21. The predicted octanol–water partition coefficient (Wildman–Crippen LogP) is 4.46. The van der Waals surface area contributed by atoms with Gasteiger partial charge in [-0.25, -0.2) is 9.78 Å². The number of benzene rings is 1. The van der Waals surface area contributed by atoms with Crippen LogP contribution in [-0.4, -0.2) is 21.2 Å². The second kappa shape index (κ2) is 6.36. The van der Waals surface area contributed by atoms with Crippen molar-refractivity contribution in [3.63, 3.8) is 0 Å². The maximum atomic E-state index is 11.7. The Labute approximate surface area is 172 Å². The number of aromatic nitrogens is 1. The Balaban J connectivity index is 1.52. The Hall–Kier alpha value is -1.83. The molecule has 2 N–H and O–H groups in total. The highest BCUT2D eigenvalue weighted by molar-refractivity contribution is 14.1. The molecule has 3 atom stereocenters. The van der Waals surface area contributed by atoms with Crippen LogP contribution in [0.5, 0.6) is 0 Å². The molecule has 5 rings (SSSR count). The Morgan fingerprint density at radius 3 is 2.85 bits per heavy atom. The van der Waals surface area contributed by atoms with Gasteiger partial charge in [0.05, 0.1) is 0 Å². The van der Waals surface area contributed by atoms with Gasteiger partial charge in [0.25, 0.3) is 0 Å². The monoisotopic (exact) mass is 469 g/mol. The third kappa shape index (κ3) is 2.98. The van der Waals surface area contributed by atoms with Gasteiger partial charge < -0.3 is 10.4 Å². The summed E-state index contributed by atoms with van der Waals surface area (Å²) >= 11 is 2.29. The van der Waals surface area contributed by atoms with E-state index in [0.717, 1.165) is 24.1 Å². The molecule has 27 heavy (non-hydrogen) atoms. The van der Waals surface area contributed by atoms with Gasteiger partial charge in [0, 0.05) is 11.9 Å². The minimum Gasteiger partial charge on any atom is -0.478 e. The van der Waals surface area contributed by atoms with Crippen LogP contribution in [0.2, 0.25) is 0 Å². The molecule has 2 aromatic rings. The van der Waals surface area contributed by atoms with Crippen LogP contribution in [0, 0.1) is 11.8 Å². The molecule has 135 valence electrons. The number of carboxylic acid groups (broad SMARTS) is 1. The van der Waals surface area contributed by atoms with Crippen molar-refractivity contribution in [2.75, 3.05) is 5.32 Å². The molecule has 4 nitrogen and oxygen atoms in total. The summed E-state index contributed by atoms with van der Waals surface area (Å²) in [6.45, 7) is 2.31. The minimum atomic E-state index is -0.944. The largest absolute Gasteiger partial charge is 0.478 e. The van der Waals surface area contributed by atoms with E-state index in [4.69, 9.17) is 0 Å². The number of carboxylic acids is 1. The van der Waals surface area contributed by atoms with Gasteiger partial charge in [-0.2, -0.15) is 22.4 Å². The molecular weight excluding hydrogens is 450 g/mol. The number of anilines is 2. The Bertz CT molecular complexity index is 986. The number of rotatable bonds is 5. The molecule has 1 heterocycles. The molecule has 1 radical (unpaired) electrons. The highest BCUT2D eigenvalue weighted by Gasteiger charge is 2.48. The minimum absolute atomic E-state index is 0.239. The number of allylic oxidation sites excluding steroid dienone is 1. The highest BCUT2D eigenvalue weighted by Crippen LogP contribution is 2.57. The molecule has 0 amide bonds. The molecule has 3 aliphatic carbocycles. The molecule has 2 unspecified atom stereocenters. The van der Waals surface area contributed by atoms with E-state index in [1.807, 2.05) is 6.20 Å². The van der Waals surface area contributed by atoms with Crippen LogP contribution in [0.1, 0.15) is 58.6 Å². The van der Waals surface area contributed by atoms with E-state index < -0.39 is 5.97 Å². The quantitative estimate of drug-likeness (QED) is 0.502. The third-order valence-corrected chi connectivity index (χ3v) is 6.76. The number of nitrogens with zero attached hydrogens (tertiary/aromatic N) is 1. The average Bonchev–Trinajstić information content (AvgIpc) is 3.58. The molecule has 6 heteroatoms. The van der Waals surface area contributed by atoms with E-state index in [-0.39, 0.29) is 5.56 Å². The molecule has 2 saturated carbocycles. The Morgan fingerprint density at radius 1 is 1.33 bits per heavy atom. The van der Waals surface area contributed by atoms with Gasteiger partial charge in [-0.3, -0.25) is 0 Å². The summed E-state index contributed by atoms with van der Waals surface area (Å²) in [5, 5.41) is 15.0. The molecule has 2 fully saturated rings. The lowest BCUT2D eigenvalue weighted by atomic mass is 9.82. The lowest BCUT2D eigenvalue weighted by molar-refractivity contribution is 0.0697. The number of nitrogens with one attached hydrogen (secondary N) is 1. The van der Waals surface area contributed by atoms with E-state index in [0.29, 0.717) is 29.5 Å². The van der Waals surface area contributed by atoms with Crippen LogP contribution in [0.25, 0.3) is 6.08 Å². The van der Waals surface area contributed by atoms with Crippen molar-refractivity contribution in [3.05, 3.63) is 52.7 Å². The molecule has 1 aromatic heterocycles. The first-order valence-corrected chi connectivity index (χ1v) is 10.6. The van der Waals surface area contributed by atoms with Crippen molar-refractivity contribution < 1.29 is 9.90 Å². The van der Waals surface area contributed by atoms with Crippen LogP contribution in [0.15, 0.2) is 30.5 Å². The van der Waals surface area contributed by atoms with E-state index in [1.165, 1.54) is 16.6 Å². The maximum absolute atomic E-state index is 11.7. The summed E-state index contributed by atoms with van der Waals surface area (Å²) in [6, 6.07) is 5.99. The zero-order valence-electron chi connectivity index (χ0n) is 14.9. The first-order chi connectivity index (χ1) is 13.1. The van der Waals surface area contributed by atoms with Crippen molar-refractivity contribution in [3.8, 4) is 0 Å². The number of fused-ring (bicyclic) bond motifs is 3. The van der Waals surface area contributed by atoms with Crippen LogP contribution in [-0.2, 0) is 0 Å². The second-order valence-electron chi connectivity index (χ2n) is 7.87. The van der Waals surface area contributed by atoms with E-state index >= 15 is 0 Å². The van der Waals surface area contributed by atoms with E-state index in [2.05, 4.69) is 69.0 Å². The van der Waals surface area contributed by atoms with Crippen LogP contribution in [0.4, 0.5) is 11.5 Å². The van der Waals surface area contributed by atoms with Gasteiger partial charge >= 0.3 is 5.97 Å². The summed E-state index contributed by atoms with van der Waals surface area (Å²) < 4.78 is 0. The molecular formula is C21H19BIN2O2. The van der Waals surface area contributed by atoms with Gasteiger partial charge in [-0.15, -0.1) is 0 Å². The lowest BCUT2D eigenvalue weighted by Gasteiger charge is -2.18. The smallest absolute Gasteiger partial charge is 0.339 e. The predicted molar refractivity (Wildman–Crippen MR) is 117 cm³/mol. The maximum Gasteiger partial charge on any atom is 0.339 e. The number of carbonyl (C=O) groups is 1. The van der Waals surface area contributed by atoms with E-state index in [1.54, 1.807) is 6.07 Å². The lowest BCUT2D eigenvalue weighted by Crippen LogP contribution is -2.19. The van der Waals surface area contributed by atoms with Crippen molar-refractivity contribution in [1.82, 2.24) is 4.98 Å². The first-order valence-electron chi connectivity index (χ1n) is 9.36. The highest BCUT2D eigenvalue weighted by atomic mass is 127. The molecule has 0 saturated heterocycles. The Morgan fingerprint density at radius 2 is 2.15 bits per heavy atom. The number of hydrogen-bond acceptors (Lipinski definition) is 3. The third-order valence-electron chi connectivity index (χ3n) is 6.09. The van der Waals surface area contributed by atoms with Crippen molar-refractivity contribution in [2.24, 2.45) is 11.8 Å². The Kier molecular flexibility index (Phi) is 4.07. The molecule has 0 spiro atoms. The van der Waals surface area contributed by atoms with Gasteiger partial charge in [0.15, 0.2) is 0 Å². The van der Waals surface area contributed by atoms with Crippen molar-refractivity contribution >= 4 is 56.5 Å². The number of hydrogen-bond donors (Lipinski definition) is 2.